The number of thioether (sulfide) groups is 1. The summed E-state index contributed by atoms with van der Waals surface area (Å²) in [6.07, 6.45) is -14.4. The zero-order chi connectivity index (χ0) is 21.6. The molecule has 1 fully saturated rings. The molecule has 2 heterocycles. The molecule has 104 valence electrons. The highest BCUT2D eigenvalue weighted by Crippen LogP contribution is 2.53. The van der Waals surface area contributed by atoms with Gasteiger partial charge >= 0.3 is 0 Å². The Hall–Kier alpha value is -0.000000000000000111. The second-order valence-corrected chi connectivity index (χ2v) is 7.77. The van der Waals surface area contributed by atoms with Crippen LogP contribution in [0.25, 0.3) is 0 Å². The van der Waals surface area contributed by atoms with E-state index in [-0.39, 0.29) is 11.6 Å². The number of amidine groups is 1. The van der Waals surface area contributed by atoms with E-state index in [2.05, 4.69) is 20.9 Å². The largest absolute Gasteiger partial charge is 0.378 e. The number of thiophene rings is 1. The Morgan fingerprint density at radius 2 is 2.32 bits per heavy atom. The highest BCUT2D eigenvalue weighted by atomic mass is 79.9. The molecule has 1 aromatic rings. The summed E-state index contributed by atoms with van der Waals surface area (Å²) >= 11 is 5.41. The molecule has 1 aliphatic heterocycles. The first-order valence-corrected chi connectivity index (χ1v) is 8.17. The molecule has 1 spiro atoms. The van der Waals surface area contributed by atoms with Gasteiger partial charge in [-0.2, -0.15) is 0 Å². The fourth-order valence-electron chi connectivity index (χ4n) is 2.36. The molecule has 5 heteroatoms. The van der Waals surface area contributed by atoms with Gasteiger partial charge in [-0.05, 0) is 53.5 Å². The summed E-state index contributed by atoms with van der Waals surface area (Å²) in [5.74, 6) is 0. The van der Waals surface area contributed by atoms with Crippen LogP contribution in [0.3, 0.4) is 0 Å². The molecule has 2 unspecified atom stereocenters. The lowest BCUT2D eigenvalue weighted by Crippen LogP contribution is -2.42. The van der Waals surface area contributed by atoms with Gasteiger partial charge in [0.2, 0.25) is 0 Å². The summed E-state index contributed by atoms with van der Waals surface area (Å²) in [5.41, 5.74) is 4.89. The van der Waals surface area contributed by atoms with Crippen LogP contribution in [0, 0.1) is 0 Å². The molecular formula is C14H19BrN2S2. The zero-order valence-electron chi connectivity index (χ0n) is 19.2. The van der Waals surface area contributed by atoms with Gasteiger partial charge in [-0.15, -0.1) is 11.3 Å². The maximum Gasteiger partial charge on any atom is 0.155 e. The first kappa shape index (κ1) is 6.84. The van der Waals surface area contributed by atoms with E-state index in [9.17, 15) is 0 Å². The number of aliphatic imine (C=N–C) groups is 1. The normalized spacial score (nSPS) is 56.8. The molecule has 0 amide bonds. The molecule has 0 radical (unpaired) electrons. The van der Waals surface area contributed by atoms with E-state index in [1.165, 1.54) is 11.3 Å². The van der Waals surface area contributed by atoms with Crippen LogP contribution in [0.15, 0.2) is 20.9 Å². The predicted octanol–water partition coefficient (Wildman–Crippen LogP) is 4.88. The lowest BCUT2D eigenvalue weighted by atomic mass is 9.78. The minimum Gasteiger partial charge on any atom is -0.378 e. The van der Waals surface area contributed by atoms with Crippen molar-refractivity contribution in [3.8, 4) is 0 Å². The SMILES string of the molecule is [2H]C1C([2H])([2H])C([2H])([2H])C([2H])([2H])C([2H])([2H])C12C[C@@](C)(c1sccc1Br)N=C(N)S2. The van der Waals surface area contributed by atoms with Crippen LogP contribution in [0.5, 0.6) is 0 Å². The third-order valence-electron chi connectivity index (χ3n) is 3.07. The second kappa shape index (κ2) is 5.08. The summed E-state index contributed by atoms with van der Waals surface area (Å²) in [5, 5.41) is 1.72. The van der Waals surface area contributed by atoms with Crippen LogP contribution < -0.4 is 5.73 Å². The van der Waals surface area contributed by atoms with E-state index in [4.69, 9.17) is 18.1 Å². The van der Waals surface area contributed by atoms with Gasteiger partial charge in [0.15, 0.2) is 5.17 Å². The van der Waals surface area contributed by atoms with Gasteiger partial charge in [0.1, 0.15) is 0 Å². The molecular weight excluding hydrogens is 340 g/mol. The second-order valence-electron chi connectivity index (χ2n) is 4.65. The van der Waals surface area contributed by atoms with Crippen LogP contribution in [0.2, 0.25) is 0 Å². The summed E-state index contributed by atoms with van der Waals surface area (Å²) in [4.78, 5) is 5.15. The minimum absolute atomic E-state index is 0.0794. The van der Waals surface area contributed by atoms with Crippen molar-refractivity contribution in [2.45, 2.75) is 55.5 Å². The van der Waals surface area contributed by atoms with Gasteiger partial charge in [-0.1, -0.05) is 30.9 Å². The van der Waals surface area contributed by atoms with Crippen LogP contribution in [-0.2, 0) is 5.54 Å². The van der Waals surface area contributed by atoms with E-state index in [1.807, 2.05) is 0 Å². The van der Waals surface area contributed by atoms with Gasteiger partial charge in [0.05, 0.1) is 5.54 Å². The number of nitrogens with two attached hydrogens (primary N) is 1. The minimum atomic E-state index is -3.22. The van der Waals surface area contributed by atoms with Crippen molar-refractivity contribution in [2.75, 3.05) is 0 Å². The fraction of sp³-hybridized carbons (Fsp3) is 0.643. The molecule has 2 N–H and O–H groups in total. The average Bonchev–Trinajstić information content (AvgIpc) is 2.98. The number of halogens is 1. The molecule has 1 aromatic heterocycles. The van der Waals surface area contributed by atoms with Crippen LogP contribution in [0.1, 0.15) is 62.4 Å². The van der Waals surface area contributed by atoms with Crippen LogP contribution >= 0.6 is 39.0 Å². The quantitative estimate of drug-likeness (QED) is 0.767. The van der Waals surface area contributed by atoms with E-state index < -0.39 is 42.2 Å². The van der Waals surface area contributed by atoms with Gasteiger partial charge in [0.25, 0.3) is 0 Å². The van der Waals surface area contributed by atoms with Crippen molar-refractivity contribution in [3.63, 3.8) is 0 Å². The first-order valence-electron chi connectivity index (χ1n) is 10.3. The molecule has 1 saturated carbocycles. The van der Waals surface area contributed by atoms with Crippen molar-refractivity contribution >= 4 is 44.2 Å². The van der Waals surface area contributed by atoms with Crippen molar-refractivity contribution in [1.82, 2.24) is 0 Å². The van der Waals surface area contributed by atoms with Crippen LogP contribution in [-0.4, -0.2) is 9.91 Å². The van der Waals surface area contributed by atoms with Crippen LogP contribution in [0.4, 0.5) is 0 Å². The fourth-order valence-corrected chi connectivity index (χ4v) is 5.46. The third kappa shape index (κ3) is 2.61. The van der Waals surface area contributed by atoms with Crippen molar-refractivity contribution in [3.05, 3.63) is 20.8 Å². The lowest BCUT2D eigenvalue weighted by molar-refractivity contribution is 0.305. The molecule has 19 heavy (non-hydrogen) atoms. The Labute approximate surface area is 144 Å². The molecule has 0 saturated heterocycles. The lowest BCUT2D eigenvalue weighted by Gasteiger charge is -2.45. The number of hydrogen-bond acceptors (Lipinski definition) is 4. The Morgan fingerprint density at radius 1 is 1.47 bits per heavy atom. The molecule has 3 rings (SSSR count). The number of rotatable bonds is 1. The van der Waals surface area contributed by atoms with Crippen molar-refractivity contribution in [2.24, 2.45) is 10.7 Å². The van der Waals surface area contributed by atoms with E-state index >= 15 is 0 Å². The molecule has 1 aliphatic carbocycles. The van der Waals surface area contributed by atoms with Gasteiger partial charge in [0, 0.05) is 26.4 Å². The Bertz CT molecular complexity index is 843. The Morgan fingerprint density at radius 3 is 3.05 bits per heavy atom. The highest BCUT2D eigenvalue weighted by Gasteiger charge is 2.46. The topological polar surface area (TPSA) is 38.4 Å². The van der Waals surface area contributed by atoms with E-state index in [0.717, 1.165) is 0 Å². The summed E-state index contributed by atoms with van der Waals surface area (Å²) in [6.45, 7) is 1.69. The van der Waals surface area contributed by atoms with Gasteiger partial charge < -0.3 is 5.73 Å². The highest BCUT2D eigenvalue weighted by molar-refractivity contribution is 9.10. The molecule has 0 bridgehead atoms. The molecule has 3 atom stereocenters. The van der Waals surface area contributed by atoms with Crippen molar-refractivity contribution in [1.29, 1.82) is 0 Å². The summed E-state index contributed by atoms with van der Waals surface area (Å²) in [7, 11) is 0. The average molecular weight is 368 g/mol. The smallest absolute Gasteiger partial charge is 0.155 e. The Kier molecular flexibility index (Phi) is 1.83. The van der Waals surface area contributed by atoms with Crippen molar-refractivity contribution < 1.29 is 12.3 Å². The first-order chi connectivity index (χ1) is 12.5. The van der Waals surface area contributed by atoms with E-state index in [0.29, 0.717) is 21.1 Å². The maximum atomic E-state index is 8.61. The summed E-state index contributed by atoms with van der Waals surface area (Å²) in [6, 6.07) is 1.79. The molecule has 2 aliphatic rings. The van der Waals surface area contributed by atoms with E-state index in [1.54, 1.807) is 18.4 Å². The number of nitrogens with zero attached hydrogens (tertiary/aromatic N) is 1. The zero-order valence-corrected chi connectivity index (χ0v) is 13.4. The maximum absolute atomic E-state index is 8.61. The summed E-state index contributed by atoms with van der Waals surface area (Å²) < 4.78 is 73.5. The molecule has 2 nitrogen and oxygen atoms in total. The standard InChI is InChI=1S/C14H19BrN2S2/c1-13(11-10(15)5-8-18-11)9-14(19-12(16)17-13)6-3-2-4-7-14/h5,8H,2-4,6-7,9H2,1H3,(H2,16,17)/t13-/m0/s1/i2D2,3D2,4D2,6D,7D2/t6?,13-,14?. The third-order valence-corrected chi connectivity index (χ3v) is 6.19. The Balaban J connectivity index is 2.28. The van der Waals surface area contributed by atoms with Gasteiger partial charge in [-0.3, -0.25) is 4.99 Å². The van der Waals surface area contributed by atoms with Gasteiger partial charge in [-0.25, -0.2) is 0 Å². The number of hydrogen-bond donors (Lipinski definition) is 1. The monoisotopic (exact) mass is 367 g/mol. The predicted molar refractivity (Wildman–Crippen MR) is 89.0 cm³/mol. The molecule has 0 aromatic carbocycles.